The van der Waals surface area contributed by atoms with Gasteiger partial charge in [-0.25, -0.2) is 9.07 Å². The van der Waals surface area contributed by atoms with Gasteiger partial charge >= 0.3 is 6.18 Å². The van der Waals surface area contributed by atoms with Crippen LogP contribution >= 0.6 is 0 Å². The molecule has 0 saturated heterocycles. The van der Waals surface area contributed by atoms with Crippen LogP contribution in [0.4, 0.5) is 17.6 Å². The topological polar surface area (TPSA) is 38.1 Å². The van der Waals surface area contributed by atoms with Crippen LogP contribution in [-0.4, -0.2) is 27.6 Å². The molecule has 0 radical (unpaired) electrons. The van der Waals surface area contributed by atoms with Crippen molar-refractivity contribution in [3.05, 3.63) is 82.9 Å². The highest BCUT2D eigenvalue weighted by molar-refractivity contribution is 5.95. The third-order valence-corrected chi connectivity index (χ3v) is 4.34. The molecule has 146 valence electrons. The minimum atomic E-state index is -4.47. The lowest BCUT2D eigenvalue weighted by Gasteiger charge is -2.17. The van der Waals surface area contributed by atoms with Gasteiger partial charge in [-0.2, -0.15) is 18.3 Å². The van der Waals surface area contributed by atoms with Crippen molar-refractivity contribution in [2.45, 2.75) is 19.6 Å². The highest BCUT2D eigenvalue weighted by atomic mass is 19.4. The van der Waals surface area contributed by atoms with Crippen LogP contribution in [0.3, 0.4) is 0 Å². The number of hydrogen-bond acceptors (Lipinski definition) is 2. The van der Waals surface area contributed by atoms with Gasteiger partial charge in [-0.1, -0.05) is 18.2 Å². The monoisotopic (exact) mass is 391 g/mol. The van der Waals surface area contributed by atoms with E-state index in [4.69, 9.17) is 0 Å². The van der Waals surface area contributed by atoms with E-state index in [1.807, 2.05) is 0 Å². The van der Waals surface area contributed by atoms with Crippen molar-refractivity contribution in [1.29, 1.82) is 0 Å². The smallest absolute Gasteiger partial charge is 0.337 e. The summed E-state index contributed by atoms with van der Waals surface area (Å²) in [7, 11) is 1.59. The number of halogens is 4. The zero-order valence-corrected chi connectivity index (χ0v) is 15.2. The molecule has 0 saturated carbocycles. The SMILES string of the molecule is Cc1c(C(=O)N(C)Cc2ccc(F)cc2)cnn1-c1cccc(C(F)(F)F)c1. The maximum Gasteiger partial charge on any atom is 0.416 e. The fourth-order valence-corrected chi connectivity index (χ4v) is 2.83. The van der Waals surface area contributed by atoms with Crippen molar-refractivity contribution in [1.82, 2.24) is 14.7 Å². The predicted molar refractivity (Wildman–Crippen MR) is 95.5 cm³/mol. The molecule has 0 aliphatic rings. The summed E-state index contributed by atoms with van der Waals surface area (Å²) in [6.07, 6.45) is -3.13. The summed E-state index contributed by atoms with van der Waals surface area (Å²) in [5.41, 5.74) is 0.881. The van der Waals surface area contributed by atoms with E-state index >= 15 is 0 Å². The van der Waals surface area contributed by atoms with Crippen LogP contribution in [0, 0.1) is 12.7 Å². The summed E-state index contributed by atoms with van der Waals surface area (Å²) in [6, 6.07) is 10.5. The Morgan fingerprint density at radius 1 is 1.14 bits per heavy atom. The number of nitrogens with zero attached hydrogens (tertiary/aromatic N) is 3. The lowest BCUT2D eigenvalue weighted by molar-refractivity contribution is -0.137. The van der Waals surface area contributed by atoms with Crippen LogP contribution in [0.2, 0.25) is 0 Å². The van der Waals surface area contributed by atoms with Gasteiger partial charge in [0.1, 0.15) is 5.82 Å². The highest BCUT2D eigenvalue weighted by Gasteiger charge is 2.31. The van der Waals surface area contributed by atoms with Crippen molar-refractivity contribution in [3.8, 4) is 5.69 Å². The molecule has 2 aromatic carbocycles. The molecule has 1 amide bonds. The largest absolute Gasteiger partial charge is 0.416 e. The molecule has 1 aromatic heterocycles. The van der Waals surface area contributed by atoms with Crippen LogP contribution in [0.5, 0.6) is 0 Å². The van der Waals surface area contributed by atoms with E-state index in [0.717, 1.165) is 17.7 Å². The molecule has 0 unspecified atom stereocenters. The van der Waals surface area contributed by atoms with Gasteiger partial charge in [0, 0.05) is 13.6 Å². The minimum Gasteiger partial charge on any atom is -0.337 e. The Morgan fingerprint density at radius 2 is 1.82 bits per heavy atom. The molecule has 3 aromatic rings. The summed E-state index contributed by atoms with van der Waals surface area (Å²) in [6.45, 7) is 1.87. The molecule has 0 spiro atoms. The van der Waals surface area contributed by atoms with E-state index in [1.165, 1.54) is 40.0 Å². The fraction of sp³-hybridized carbons (Fsp3) is 0.200. The van der Waals surface area contributed by atoms with Crippen molar-refractivity contribution in [3.63, 3.8) is 0 Å². The maximum absolute atomic E-state index is 13.0. The van der Waals surface area contributed by atoms with Crippen LogP contribution < -0.4 is 0 Å². The van der Waals surface area contributed by atoms with E-state index in [-0.39, 0.29) is 29.5 Å². The summed E-state index contributed by atoms with van der Waals surface area (Å²) in [5, 5.41) is 4.08. The van der Waals surface area contributed by atoms with Gasteiger partial charge in [-0.15, -0.1) is 0 Å². The molecule has 0 bridgehead atoms. The van der Waals surface area contributed by atoms with Gasteiger partial charge in [0.15, 0.2) is 0 Å². The van der Waals surface area contributed by atoms with Crippen LogP contribution in [0.1, 0.15) is 27.2 Å². The number of alkyl halides is 3. The zero-order chi connectivity index (χ0) is 20.5. The summed E-state index contributed by atoms with van der Waals surface area (Å²) in [4.78, 5) is 14.2. The second-order valence-electron chi connectivity index (χ2n) is 6.39. The molecular formula is C20H17F4N3O. The number of hydrogen-bond donors (Lipinski definition) is 0. The Morgan fingerprint density at radius 3 is 2.46 bits per heavy atom. The third kappa shape index (κ3) is 4.05. The first kappa shape index (κ1) is 19.6. The molecule has 0 atom stereocenters. The number of amides is 1. The van der Waals surface area contributed by atoms with Gasteiger partial charge in [0.2, 0.25) is 0 Å². The number of aromatic nitrogens is 2. The number of rotatable bonds is 4. The first-order valence-electron chi connectivity index (χ1n) is 8.39. The first-order valence-corrected chi connectivity index (χ1v) is 8.39. The Hall–Kier alpha value is -3.16. The average molecular weight is 391 g/mol. The summed E-state index contributed by atoms with van der Waals surface area (Å²) >= 11 is 0. The molecule has 3 rings (SSSR count). The normalized spacial score (nSPS) is 11.5. The molecule has 8 heteroatoms. The van der Waals surface area contributed by atoms with Crippen molar-refractivity contribution in [2.24, 2.45) is 0 Å². The Bertz CT molecular complexity index is 993. The van der Waals surface area contributed by atoms with Crippen molar-refractivity contribution >= 4 is 5.91 Å². The maximum atomic E-state index is 13.0. The van der Waals surface area contributed by atoms with Gasteiger partial charge in [-0.3, -0.25) is 4.79 Å². The number of carbonyl (C=O) groups excluding carboxylic acids is 1. The predicted octanol–water partition coefficient (Wildman–Crippen LogP) is 4.61. The Labute approximate surface area is 159 Å². The Balaban J connectivity index is 1.84. The van der Waals surface area contributed by atoms with Crippen LogP contribution in [0.15, 0.2) is 54.7 Å². The third-order valence-electron chi connectivity index (χ3n) is 4.34. The van der Waals surface area contributed by atoms with Gasteiger partial charge < -0.3 is 4.90 Å². The van der Waals surface area contributed by atoms with E-state index in [0.29, 0.717) is 5.69 Å². The van der Waals surface area contributed by atoms with Gasteiger partial charge in [-0.05, 0) is 42.8 Å². The van der Waals surface area contributed by atoms with Crippen molar-refractivity contribution < 1.29 is 22.4 Å². The summed E-state index contributed by atoms with van der Waals surface area (Å²) in [5.74, 6) is -0.698. The molecule has 1 heterocycles. The van der Waals surface area contributed by atoms with E-state index < -0.39 is 11.7 Å². The van der Waals surface area contributed by atoms with Crippen LogP contribution in [0.25, 0.3) is 5.69 Å². The standard InChI is InChI=1S/C20H17F4N3O/c1-13-18(19(28)26(2)12-14-6-8-16(21)9-7-14)11-25-27(13)17-5-3-4-15(10-17)20(22,23)24/h3-11H,12H2,1-2H3. The van der Waals surface area contributed by atoms with Crippen molar-refractivity contribution in [2.75, 3.05) is 7.05 Å². The summed E-state index contributed by atoms with van der Waals surface area (Å²) < 4.78 is 53.1. The quantitative estimate of drug-likeness (QED) is 0.609. The Kier molecular flexibility index (Phi) is 5.22. The van der Waals surface area contributed by atoms with E-state index in [2.05, 4.69) is 5.10 Å². The van der Waals surface area contributed by atoms with E-state index in [1.54, 1.807) is 26.1 Å². The van der Waals surface area contributed by atoms with Gasteiger partial charge in [0.25, 0.3) is 5.91 Å². The molecule has 0 aliphatic carbocycles. The number of benzene rings is 2. The van der Waals surface area contributed by atoms with Gasteiger partial charge in [0.05, 0.1) is 28.7 Å². The molecule has 4 nitrogen and oxygen atoms in total. The molecule has 0 N–H and O–H groups in total. The fourth-order valence-electron chi connectivity index (χ4n) is 2.83. The minimum absolute atomic E-state index is 0.215. The second-order valence-corrected chi connectivity index (χ2v) is 6.39. The van der Waals surface area contributed by atoms with E-state index in [9.17, 15) is 22.4 Å². The highest BCUT2D eigenvalue weighted by Crippen LogP contribution is 2.30. The second kappa shape index (κ2) is 7.46. The van der Waals surface area contributed by atoms with Crippen LogP contribution in [-0.2, 0) is 12.7 Å². The zero-order valence-electron chi connectivity index (χ0n) is 15.2. The molecule has 28 heavy (non-hydrogen) atoms. The molecule has 0 aliphatic heterocycles. The lowest BCUT2D eigenvalue weighted by atomic mass is 10.1. The first-order chi connectivity index (χ1) is 13.2. The molecule has 0 fully saturated rings. The lowest BCUT2D eigenvalue weighted by Crippen LogP contribution is -2.26. The number of carbonyl (C=O) groups is 1. The molecular weight excluding hydrogens is 374 g/mol. The average Bonchev–Trinajstić information content (AvgIpc) is 3.03.